The van der Waals surface area contributed by atoms with Crippen molar-refractivity contribution in [2.75, 3.05) is 6.61 Å². The SMILES string of the molecule is CCCOc1cccc(-n2nc(C)c(Br)c2C)c1[N+](=O)[O-]. The second-order valence-electron chi connectivity index (χ2n) is 4.63. The van der Waals surface area contributed by atoms with Crippen LogP contribution in [0.4, 0.5) is 5.69 Å². The van der Waals surface area contributed by atoms with Crippen molar-refractivity contribution in [1.82, 2.24) is 9.78 Å². The molecule has 2 aromatic rings. The lowest BCUT2D eigenvalue weighted by molar-refractivity contribution is -0.385. The van der Waals surface area contributed by atoms with Gasteiger partial charge in [0.25, 0.3) is 0 Å². The van der Waals surface area contributed by atoms with Crippen LogP contribution in [-0.4, -0.2) is 21.3 Å². The largest absolute Gasteiger partial charge is 0.487 e. The molecule has 21 heavy (non-hydrogen) atoms. The highest BCUT2D eigenvalue weighted by molar-refractivity contribution is 9.10. The van der Waals surface area contributed by atoms with E-state index in [1.165, 1.54) is 0 Å². The first-order valence-corrected chi connectivity index (χ1v) is 7.39. The van der Waals surface area contributed by atoms with E-state index in [-0.39, 0.29) is 11.4 Å². The molecule has 0 saturated carbocycles. The maximum atomic E-state index is 11.5. The molecule has 1 aromatic carbocycles. The second-order valence-corrected chi connectivity index (χ2v) is 5.42. The molecular weight excluding hydrogens is 338 g/mol. The lowest BCUT2D eigenvalue weighted by Gasteiger charge is -2.10. The summed E-state index contributed by atoms with van der Waals surface area (Å²) in [6.07, 6.45) is 0.785. The number of rotatable bonds is 5. The number of hydrogen-bond donors (Lipinski definition) is 0. The predicted octanol–water partition coefficient (Wildman–Crippen LogP) is 3.95. The van der Waals surface area contributed by atoms with E-state index in [4.69, 9.17) is 4.74 Å². The van der Waals surface area contributed by atoms with Crippen molar-refractivity contribution in [3.63, 3.8) is 0 Å². The van der Waals surface area contributed by atoms with Crippen molar-refractivity contribution < 1.29 is 9.66 Å². The fraction of sp³-hybridized carbons (Fsp3) is 0.357. The predicted molar refractivity (Wildman–Crippen MR) is 83.2 cm³/mol. The summed E-state index contributed by atoms with van der Waals surface area (Å²) in [7, 11) is 0. The third-order valence-electron chi connectivity index (χ3n) is 3.05. The standard InChI is InChI=1S/C14H16BrN3O3/c1-4-8-21-12-7-5-6-11(14(12)18(19)20)17-10(3)13(15)9(2)16-17/h5-7H,4,8H2,1-3H3. The summed E-state index contributed by atoms with van der Waals surface area (Å²) in [6, 6.07) is 5.01. The number of hydrogen-bond acceptors (Lipinski definition) is 4. The smallest absolute Gasteiger partial charge is 0.336 e. The molecule has 1 aromatic heterocycles. The minimum Gasteiger partial charge on any atom is -0.487 e. The number of nitro benzene ring substituents is 1. The van der Waals surface area contributed by atoms with Gasteiger partial charge in [-0.05, 0) is 48.3 Å². The minimum absolute atomic E-state index is 0.0657. The number of aryl methyl sites for hydroxylation is 1. The molecule has 6 nitrogen and oxygen atoms in total. The fourth-order valence-corrected chi connectivity index (χ4v) is 2.30. The van der Waals surface area contributed by atoms with Gasteiger partial charge in [0.15, 0.2) is 5.75 Å². The Balaban J connectivity index is 2.62. The average molecular weight is 354 g/mol. The Kier molecular flexibility index (Phi) is 4.62. The molecule has 2 rings (SSSR count). The van der Waals surface area contributed by atoms with Crippen LogP contribution in [0.1, 0.15) is 24.7 Å². The Morgan fingerprint density at radius 3 is 2.67 bits per heavy atom. The monoisotopic (exact) mass is 353 g/mol. The Morgan fingerprint density at radius 2 is 2.14 bits per heavy atom. The molecule has 0 bridgehead atoms. The van der Waals surface area contributed by atoms with Gasteiger partial charge >= 0.3 is 5.69 Å². The van der Waals surface area contributed by atoms with Crippen LogP contribution in [0.2, 0.25) is 0 Å². The lowest BCUT2D eigenvalue weighted by atomic mass is 10.2. The summed E-state index contributed by atoms with van der Waals surface area (Å²) in [6.45, 7) is 6.09. The highest BCUT2D eigenvalue weighted by Crippen LogP contribution is 2.35. The van der Waals surface area contributed by atoms with Gasteiger partial charge in [0.2, 0.25) is 0 Å². The van der Waals surface area contributed by atoms with Crippen LogP contribution in [0.25, 0.3) is 5.69 Å². The van der Waals surface area contributed by atoms with E-state index in [0.29, 0.717) is 12.3 Å². The molecule has 0 N–H and O–H groups in total. The third-order valence-corrected chi connectivity index (χ3v) is 4.20. The molecule has 0 amide bonds. The number of nitro groups is 1. The van der Waals surface area contributed by atoms with E-state index in [1.807, 2.05) is 20.8 Å². The minimum atomic E-state index is -0.426. The van der Waals surface area contributed by atoms with Crippen molar-refractivity contribution >= 4 is 21.6 Å². The highest BCUT2D eigenvalue weighted by atomic mass is 79.9. The first-order valence-electron chi connectivity index (χ1n) is 6.59. The van der Waals surface area contributed by atoms with Gasteiger partial charge < -0.3 is 4.74 Å². The van der Waals surface area contributed by atoms with Crippen molar-refractivity contribution in [3.8, 4) is 11.4 Å². The van der Waals surface area contributed by atoms with E-state index >= 15 is 0 Å². The van der Waals surface area contributed by atoms with Crippen LogP contribution in [-0.2, 0) is 0 Å². The quantitative estimate of drug-likeness (QED) is 0.602. The molecule has 1 heterocycles. The van der Waals surface area contributed by atoms with Crippen molar-refractivity contribution in [3.05, 3.63) is 44.2 Å². The summed E-state index contributed by atoms with van der Waals surface area (Å²) < 4.78 is 7.90. The molecular formula is C14H16BrN3O3. The first-order chi connectivity index (χ1) is 9.97. The lowest BCUT2D eigenvalue weighted by Crippen LogP contribution is -2.06. The maximum absolute atomic E-state index is 11.5. The van der Waals surface area contributed by atoms with E-state index in [0.717, 1.165) is 22.3 Å². The van der Waals surface area contributed by atoms with Crippen molar-refractivity contribution in [2.45, 2.75) is 27.2 Å². The number of halogens is 1. The maximum Gasteiger partial charge on any atom is 0.336 e. The molecule has 0 radical (unpaired) electrons. The third kappa shape index (κ3) is 2.92. The molecule has 0 aliphatic rings. The number of nitrogens with zero attached hydrogens (tertiary/aromatic N) is 3. The van der Waals surface area contributed by atoms with Crippen LogP contribution < -0.4 is 4.74 Å². The number of aromatic nitrogens is 2. The summed E-state index contributed by atoms with van der Waals surface area (Å²) in [4.78, 5) is 11.0. The number of ether oxygens (including phenoxy) is 1. The van der Waals surface area contributed by atoms with Crippen LogP contribution in [0, 0.1) is 24.0 Å². The second kappa shape index (κ2) is 6.26. The molecule has 0 aliphatic heterocycles. The normalized spacial score (nSPS) is 10.7. The van der Waals surface area contributed by atoms with Crippen LogP contribution >= 0.6 is 15.9 Å². The number of para-hydroxylation sites is 1. The van der Waals surface area contributed by atoms with Crippen molar-refractivity contribution in [2.24, 2.45) is 0 Å². The van der Waals surface area contributed by atoms with Gasteiger partial charge in [-0.25, -0.2) is 4.68 Å². The molecule has 112 valence electrons. The van der Waals surface area contributed by atoms with Crippen molar-refractivity contribution in [1.29, 1.82) is 0 Å². The van der Waals surface area contributed by atoms with E-state index in [9.17, 15) is 10.1 Å². The van der Waals surface area contributed by atoms with Crippen LogP contribution in [0.3, 0.4) is 0 Å². The average Bonchev–Trinajstić information content (AvgIpc) is 2.72. The van der Waals surface area contributed by atoms with Gasteiger partial charge in [0.1, 0.15) is 5.69 Å². The fourth-order valence-electron chi connectivity index (χ4n) is 2.05. The summed E-state index contributed by atoms with van der Waals surface area (Å²) in [5.74, 6) is 0.267. The van der Waals surface area contributed by atoms with Gasteiger partial charge in [-0.3, -0.25) is 10.1 Å². The summed E-state index contributed by atoms with van der Waals surface area (Å²) in [5, 5.41) is 15.8. The molecule has 0 aliphatic carbocycles. The Labute approximate surface area is 131 Å². The summed E-state index contributed by atoms with van der Waals surface area (Å²) in [5.41, 5.74) is 1.92. The molecule has 7 heteroatoms. The first kappa shape index (κ1) is 15.5. The molecule has 0 spiro atoms. The topological polar surface area (TPSA) is 70.2 Å². The van der Waals surface area contributed by atoms with Crippen LogP contribution in [0.5, 0.6) is 5.75 Å². The Hall–Kier alpha value is -1.89. The highest BCUT2D eigenvalue weighted by Gasteiger charge is 2.24. The molecule has 0 fully saturated rings. The van der Waals surface area contributed by atoms with Gasteiger partial charge in [-0.15, -0.1) is 0 Å². The number of benzene rings is 1. The molecule has 0 saturated heterocycles. The zero-order valence-corrected chi connectivity index (χ0v) is 13.7. The Bertz CT molecular complexity index is 682. The zero-order chi connectivity index (χ0) is 15.6. The molecule has 0 atom stereocenters. The van der Waals surface area contributed by atoms with E-state index in [1.54, 1.807) is 22.9 Å². The van der Waals surface area contributed by atoms with Gasteiger partial charge in [0.05, 0.1) is 27.4 Å². The zero-order valence-electron chi connectivity index (χ0n) is 12.1. The summed E-state index contributed by atoms with van der Waals surface area (Å²) >= 11 is 3.43. The van der Waals surface area contributed by atoms with Crippen LogP contribution in [0.15, 0.2) is 22.7 Å². The van der Waals surface area contributed by atoms with Gasteiger partial charge in [-0.1, -0.05) is 13.0 Å². The van der Waals surface area contributed by atoms with E-state index < -0.39 is 4.92 Å². The van der Waals surface area contributed by atoms with E-state index in [2.05, 4.69) is 21.0 Å². The van der Waals surface area contributed by atoms with Gasteiger partial charge in [-0.2, -0.15) is 5.10 Å². The molecule has 0 unspecified atom stereocenters. The Morgan fingerprint density at radius 1 is 1.43 bits per heavy atom. The van der Waals surface area contributed by atoms with Gasteiger partial charge in [0, 0.05) is 0 Å².